The average Bonchev–Trinajstić information content (AvgIpc) is 2.83. The number of ether oxygens (including phenoxy) is 1. The Bertz CT molecular complexity index is 573. The molecular weight excluding hydrogens is 216 g/mol. The Morgan fingerprint density at radius 1 is 1.41 bits per heavy atom. The van der Waals surface area contributed by atoms with E-state index in [9.17, 15) is 0 Å². The van der Waals surface area contributed by atoms with Crippen molar-refractivity contribution in [3.05, 3.63) is 30.4 Å². The second kappa shape index (κ2) is 4.18. The Labute approximate surface area is 99.1 Å². The molecule has 0 fully saturated rings. The summed E-state index contributed by atoms with van der Waals surface area (Å²) in [6.45, 7) is 1.94. The second-order valence-electron chi connectivity index (χ2n) is 3.96. The fourth-order valence-corrected chi connectivity index (χ4v) is 2.13. The standard InChI is InChI=1S/C12H14N4O/c1-17-12-11-15-8-10(16(11)7-6-14-12)9-2-4-13-5-3-9/h2,6-8,13H,3-5H2,1H3. The van der Waals surface area contributed by atoms with E-state index >= 15 is 0 Å². The van der Waals surface area contributed by atoms with Crippen molar-refractivity contribution in [2.75, 3.05) is 20.2 Å². The number of hydrogen-bond acceptors (Lipinski definition) is 4. The molecule has 5 nitrogen and oxygen atoms in total. The molecule has 0 aromatic carbocycles. The maximum absolute atomic E-state index is 5.20. The fourth-order valence-electron chi connectivity index (χ4n) is 2.13. The number of aromatic nitrogens is 3. The number of nitrogens with zero attached hydrogens (tertiary/aromatic N) is 3. The van der Waals surface area contributed by atoms with E-state index in [0.717, 1.165) is 30.9 Å². The van der Waals surface area contributed by atoms with Gasteiger partial charge in [0.05, 0.1) is 19.0 Å². The molecule has 3 heterocycles. The third kappa shape index (κ3) is 1.68. The van der Waals surface area contributed by atoms with Crippen molar-refractivity contribution in [3.8, 4) is 5.88 Å². The van der Waals surface area contributed by atoms with E-state index < -0.39 is 0 Å². The van der Waals surface area contributed by atoms with Crippen LogP contribution in [-0.2, 0) is 0 Å². The maximum atomic E-state index is 5.20. The molecular formula is C12H14N4O. The lowest BCUT2D eigenvalue weighted by atomic mass is 10.1. The molecule has 0 unspecified atom stereocenters. The monoisotopic (exact) mass is 230 g/mol. The van der Waals surface area contributed by atoms with Gasteiger partial charge in [0.15, 0.2) is 0 Å². The summed E-state index contributed by atoms with van der Waals surface area (Å²) in [4.78, 5) is 8.53. The summed E-state index contributed by atoms with van der Waals surface area (Å²) in [5.74, 6) is 0.563. The van der Waals surface area contributed by atoms with Gasteiger partial charge in [-0.3, -0.25) is 4.40 Å². The minimum absolute atomic E-state index is 0.563. The van der Waals surface area contributed by atoms with Crippen molar-refractivity contribution in [1.82, 2.24) is 19.7 Å². The van der Waals surface area contributed by atoms with E-state index in [2.05, 4.69) is 21.4 Å². The normalized spacial score (nSPS) is 15.9. The van der Waals surface area contributed by atoms with Gasteiger partial charge < -0.3 is 10.1 Å². The van der Waals surface area contributed by atoms with Gasteiger partial charge in [0.2, 0.25) is 5.65 Å². The highest BCUT2D eigenvalue weighted by atomic mass is 16.5. The molecule has 5 heteroatoms. The van der Waals surface area contributed by atoms with Crippen LogP contribution in [0.1, 0.15) is 12.1 Å². The van der Waals surface area contributed by atoms with Crippen LogP contribution in [0, 0.1) is 0 Å². The van der Waals surface area contributed by atoms with Gasteiger partial charge in [-0.2, -0.15) is 0 Å². The highest BCUT2D eigenvalue weighted by Gasteiger charge is 2.13. The minimum Gasteiger partial charge on any atom is -0.478 e. The first-order chi connectivity index (χ1) is 8.40. The van der Waals surface area contributed by atoms with Gasteiger partial charge in [-0.1, -0.05) is 6.08 Å². The van der Waals surface area contributed by atoms with Crippen LogP contribution in [0.5, 0.6) is 5.88 Å². The average molecular weight is 230 g/mol. The van der Waals surface area contributed by atoms with Crippen LogP contribution in [-0.4, -0.2) is 34.6 Å². The number of rotatable bonds is 2. The van der Waals surface area contributed by atoms with Crippen LogP contribution in [0.4, 0.5) is 0 Å². The minimum atomic E-state index is 0.563. The van der Waals surface area contributed by atoms with E-state index in [4.69, 9.17) is 4.74 Å². The van der Waals surface area contributed by atoms with Gasteiger partial charge in [0, 0.05) is 18.9 Å². The van der Waals surface area contributed by atoms with E-state index in [1.54, 1.807) is 13.3 Å². The SMILES string of the molecule is COc1nccn2c(C3=CCNCC3)cnc12. The third-order valence-corrected chi connectivity index (χ3v) is 2.98. The van der Waals surface area contributed by atoms with Crippen molar-refractivity contribution >= 4 is 11.2 Å². The molecule has 0 spiro atoms. The predicted molar refractivity (Wildman–Crippen MR) is 65.0 cm³/mol. The zero-order valence-electron chi connectivity index (χ0n) is 9.68. The summed E-state index contributed by atoms with van der Waals surface area (Å²) in [6, 6.07) is 0. The Hall–Kier alpha value is -1.88. The molecule has 1 aliphatic rings. The summed E-state index contributed by atoms with van der Waals surface area (Å²) in [6.07, 6.45) is 8.77. The number of methoxy groups -OCH3 is 1. The molecule has 1 N–H and O–H groups in total. The molecule has 2 aromatic rings. The van der Waals surface area contributed by atoms with E-state index in [1.165, 1.54) is 5.57 Å². The van der Waals surface area contributed by atoms with E-state index in [0.29, 0.717) is 5.88 Å². The molecule has 0 saturated heterocycles. The van der Waals surface area contributed by atoms with Gasteiger partial charge >= 0.3 is 0 Å². The van der Waals surface area contributed by atoms with Crippen LogP contribution < -0.4 is 10.1 Å². The van der Waals surface area contributed by atoms with Crippen LogP contribution in [0.15, 0.2) is 24.7 Å². The molecule has 0 aliphatic carbocycles. The van der Waals surface area contributed by atoms with Crippen LogP contribution in [0.25, 0.3) is 11.2 Å². The highest BCUT2D eigenvalue weighted by Crippen LogP contribution is 2.23. The summed E-state index contributed by atoms with van der Waals surface area (Å²) < 4.78 is 7.23. The molecule has 0 atom stereocenters. The van der Waals surface area contributed by atoms with Gasteiger partial charge in [-0.05, 0) is 18.5 Å². The van der Waals surface area contributed by atoms with Crippen molar-refractivity contribution in [2.45, 2.75) is 6.42 Å². The second-order valence-corrected chi connectivity index (χ2v) is 3.96. The topological polar surface area (TPSA) is 51.5 Å². The number of nitrogens with one attached hydrogen (secondary N) is 1. The van der Waals surface area contributed by atoms with Crippen LogP contribution in [0.3, 0.4) is 0 Å². The summed E-state index contributed by atoms with van der Waals surface area (Å²) >= 11 is 0. The first-order valence-corrected chi connectivity index (χ1v) is 5.66. The molecule has 3 rings (SSSR count). The lowest BCUT2D eigenvalue weighted by molar-refractivity contribution is 0.400. The molecule has 88 valence electrons. The molecule has 2 aromatic heterocycles. The zero-order valence-corrected chi connectivity index (χ0v) is 9.68. The Morgan fingerprint density at radius 3 is 3.12 bits per heavy atom. The molecule has 1 aliphatic heterocycles. The van der Waals surface area contributed by atoms with Crippen LogP contribution in [0.2, 0.25) is 0 Å². The van der Waals surface area contributed by atoms with Gasteiger partial charge in [0.1, 0.15) is 0 Å². The maximum Gasteiger partial charge on any atom is 0.258 e. The fraction of sp³-hybridized carbons (Fsp3) is 0.333. The smallest absolute Gasteiger partial charge is 0.258 e. The van der Waals surface area contributed by atoms with Gasteiger partial charge in [-0.15, -0.1) is 0 Å². The molecule has 17 heavy (non-hydrogen) atoms. The molecule has 0 radical (unpaired) electrons. The third-order valence-electron chi connectivity index (χ3n) is 2.98. The van der Waals surface area contributed by atoms with Crippen molar-refractivity contribution in [3.63, 3.8) is 0 Å². The Kier molecular flexibility index (Phi) is 2.53. The molecule has 0 saturated carbocycles. The van der Waals surface area contributed by atoms with Crippen molar-refractivity contribution in [2.24, 2.45) is 0 Å². The highest BCUT2D eigenvalue weighted by molar-refractivity contribution is 5.67. The number of hydrogen-bond donors (Lipinski definition) is 1. The summed E-state index contributed by atoms with van der Waals surface area (Å²) in [5.41, 5.74) is 3.22. The van der Waals surface area contributed by atoms with Gasteiger partial charge in [-0.25, -0.2) is 9.97 Å². The van der Waals surface area contributed by atoms with Gasteiger partial charge in [0.25, 0.3) is 5.88 Å². The summed E-state index contributed by atoms with van der Waals surface area (Å²) in [5, 5.41) is 3.30. The van der Waals surface area contributed by atoms with Crippen LogP contribution >= 0.6 is 0 Å². The quantitative estimate of drug-likeness (QED) is 0.839. The first-order valence-electron chi connectivity index (χ1n) is 5.66. The Balaban J connectivity index is 2.15. The first kappa shape index (κ1) is 10.3. The number of imidazole rings is 1. The van der Waals surface area contributed by atoms with Crippen molar-refractivity contribution < 1.29 is 4.74 Å². The van der Waals surface area contributed by atoms with Crippen molar-refractivity contribution in [1.29, 1.82) is 0 Å². The largest absolute Gasteiger partial charge is 0.478 e. The zero-order chi connectivity index (χ0) is 11.7. The predicted octanol–water partition coefficient (Wildman–Crippen LogP) is 1.11. The number of fused-ring (bicyclic) bond motifs is 1. The van der Waals surface area contributed by atoms with E-state index in [-0.39, 0.29) is 0 Å². The summed E-state index contributed by atoms with van der Waals surface area (Å²) in [7, 11) is 1.61. The molecule has 0 bridgehead atoms. The lowest BCUT2D eigenvalue weighted by Gasteiger charge is -2.13. The lowest BCUT2D eigenvalue weighted by Crippen LogP contribution is -2.20. The molecule has 0 amide bonds. The van der Waals surface area contributed by atoms with E-state index in [1.807, 2.05) is 16.8 Å². The Morgan fingerprint density at radius 2 is 2.35 bits per heavy atom.